The van der Waals surface area contributed by atoms with Crippen LogP contribution in [0.15, 0.2) is 28.7 Å². The van der Waals surface area contributed by atoms with Crippen molar-refractivity contribution < 1.29 is 36.2 Å². The summed E-state index contributed by atoms with van der Waals surface area (Å²) in [6.07, 6.45) is -11.3. The molecule has 0 aromatic heterocycles. The van der Waals surface area contributed by atoms with Gasteiger partial charge in [0.1, 0.15) is 5.75 Å². The van der Waals surface area contributed by atoms with Crippen molar-refractivity contribution >= 4 is 15.9 Å². The van der Waals surface area contributed by atoms with Gasteiger partial charge in [0.05, 0.1) is 0 Å². The fourth-order valence-corrected chi connectivity index (χ4v) is 0.995. The van der Waals surface area contributed by atoms with Gasteiger partial charge in [0.15, 0.2) is 0 Å². The summed E-state index contributed by atoms with van der Waals surface area (Å²) in [5.74, 6) is 0.291. The van der Waals surface area contributed by atoms with Crippen molar-refractivity contribution in [3.8, 4) is 5.75 Å². The topological polar surface area (TPSA) is 29.5 Å². The number of phenols is 1. The molecule has 2 nitrogen and oxygen atoms in total. The van der Waals surface area contributed by atoms with Gasteiger partial charge in [-0.25, -0.2) is 0 Å². The SMILES string of the molecule is FC(F)(F)OC(F)(F)F.Oc1cccc(Br)c1. The molecule has 1 N–H and O–H groups in total. The van der Waals surface area contributed by atoms with E-state index in [1.807, 2.05) is 6.07 Å². The van der Waals surface area contributed by atoms with Crippen LogP contribution in [0.5, 0.6) is 5.75 Å². The Morgan fingerprint density at radius 3 is 1.65 bits per heavy atom. The zero-order valence-electron chi connectivity index (χ0n) is 7.81. The largest absolute Gasteiger partial charge is 0.529 e. The van der Waals surface area contributed by atoms with Crippen molar-refractivity contribution in [1.82, 2.24) is 0 Å². The summed E-state index contributed by atoms with van der Waals surface area (Å²) < 4.78 is 66.2. The molecule has 0 bridgehead atoms. The first-order chi connectivity index (χ1) is 7.49. The molecule has 1 aromatic carbocycles. The van der Waals surface area contributed by atoms with Crippen molar-refractivity contribution in [3.63, 3.8) is 0 Å². The standard InChI is InChI=1S/C6H5BrO.C2F6O/c7-5-2-1-3-6(8)4-5;3-1(4,5)9-2(6,7)8/h1-4,8H;. The normalized spacial score (nSPS) is 11.7. The lowest BCUT2D eigenvalue weighted by molar-refractivity contribution is -0.463. The quantitative estimate of drug-likeness (QED) is 0.724. The molecule has 0 saturated carbocycles. The van der Waals surface area contributed by atoms with Gasteiger partial charge >= 0.3 is 12.7 Å². The van der Waals surface area contributed by atoms with Crippen LogP contribution in [0.2, 0.25) is 0 Å². The van der Waals surface area contributed by atoms with E-state index in [2.05, 4.69) is 15.9 Å². The highest BCUT2D eigenvalue weighted by Gasteiger charge is 2.45. The summed E-state index contributed by atoms with van der Waals surface area (Å²) in [7, 11) is 0. The molecule has 0 radical (unpaired) electrons. The Bertz CT molecular complexity index is 319. The molecule has 0 heterocycles. The van der Waals surface area contributed by atoms with Gasteiger partial charge in [-0.3, -0.25) is 0 Å². The van der Waals surface area contributed by atoms with E-state index in [4.69, 9.17) is 5.11 Å². The number of ether oxygens (including phenoxy) is 1. The maximum Gasteiger partial charge on any atom is 0.529 e. The minimum Gasteiger partial charge on any atom is -0.508 e. The Morgan fingerprint density at radius 2 is 1.47 bits per heavy atom. The second-order valence-electron chi connectivity index (χ2n) is 2.47. The minimum absolute atomic E-state index is 0.291. The van der Waals surface area contributed by atoms with Gasteiger partial charge in [0.25, 0.3) is 0 Å². The van der Waals surface area contributed by atoms with Crippen molar-refractivity contribution in [3.05, 3.63) is 28.7 Å². The predicted molar refractivity (Wildman–Crippen MR) is 49.0 cm³/mol. The smallest absolute Gasteiger partial charge is 0.508 e. The van der Waals surface area contributed by atoms with Crippen LogP contribution in [0, 0.1) is 0 Å². The average molecular weight is 327 g/mol. The number of hydrogen-bond acceptors (Lipinski definition) is 2. The van der Waals surface area contributed by atoms with E-state index < -0.39 is 12.7 Å². The highest BCUT2D eigenvalue weighted by molar-refractivity contribution is 9.10. The van der Waals surface area contributed by atoms with E-state index >= 15 is 0 Å². The van der Waals surface area contributed by atoms with Gasteiger partial charge < -0.3 is 5.11 Å². The van der Waals surface area contributed by atoms with Gasteiger partial charge in [-0.2, -0.15) is 4.74 Å². The van der Waals surface area contributed by atoms with Gasteiger partial charge in [-0.1, -0.05) is 22.0 Å². The maximum atomic E-state index is 10.6. The fraction of sp³-hybridized carbons (Fsp3) is 0.250. The summed E-state index contributed by atoms with van der Waals surface area (Å²) >= 11 is 3.20. The lowest BCUT2D eigenvalue weighted by atomic mass is 10.3. The third-order valence-corrected chi connectivity index (χ3v) is 1.53. The Labute approximate surface area is 99.9 Å². The van der Waals surface area contributed by atoms with Crippen LogP contribution in [0.3, 0.4) is 0 Å². The van der Waals surface area contributed by atoms with E-state index in [1.54, 1.807) is 22.9 Å². The third kappa shape index (κ3) is 11.3. The molecular weight excluding hydrogens is 322 g/mol. The van der Waals surface area contributed by atoms with Crippen LogP contribution in [-0.4, -0.2) is 17.8 Å². The van der Waals surface area contributed by atoms with Crippen molar-refractivity contribution in [1.29, 1.82) is 0 Å². The van der Waals surface area contributed by atoms with Crippen molar-refractivity contribution in [2.75, 3.05) is 0 Å². The predicted octanol–water partition coefficient (Wildman–Crippen LogP) is 4.20. The van der Waals surface area contributed by atoms with Crippen molar-refractivity contribution in [2.45, 2.75) is 12.7 Å². The molecule has 9 heteroatoms. The molecule has 0 fully saturated rings. The van der Waals surface area contributed by atoms with Crippen molar-refractivity contribution in [2.24, 2.45) is 0 Å². The summed E-state index contributed by atoms with van der Waals surface area (Å²) in [5, 5.41) is 8.78. The first kappa shape index (κ1) is 16.0. The van der Waals surface area contributed by atoms with E-state index in [-0.39, 0.29) is 0 Å². The highest BCUT2D eigenvalue weighted by atomic mass is 79.9. The molecule has 0 atom stereocenters. The highest BCUT2D eigenvalue weighted by Crippen LogP contribution is 2.28. The summed E-state index contributed by atoms with van der Waals surface area (Å²) in [5.41, 5.74) is 0. The number of benzene rings is 1. The molecule has 17 heavy (non-hydrogen) atoms. The molecular formula is C8H5BrF6O2. The van der Waals surface area contributed by atoms with Crippen LogP contribution < -0.4 is 0 Å². The number of halogens is 7. The molecule has 0 aliphatic rings. The van der Waals surface area contributed by atoms with Crippen LogP contribution in [0.1, 0.15) is 0 Å². The Hall–Kier alpha value is -0.960. The monoisotopic (exact) mass is 326 g/mol. The molecule has 1 rings (SSSR count). The number of phenolic OH excluding ortho intramolecular Hbond substituents is 1. The average Bonchev–Trinajstić information content (AvgIpc) is 1.96. The summed E-state index contributed by atoms with van der Waals surface area (Å²) in [4.78, 5) is 0. The third-order valence-electron chi connectivity index (χ3n) is 1.04. The zero-order chi connectivity index (χ0) is 13.7. The van der Waals surface area contributed by atoms with Gasteiger partial charge in [-0.05, 0) is 18.2 Å². The molecule has 0 amide bonds. The first-order valence-corrected chi connectivity index (χ1v) is 4.57. The van der Waals surface area contributed by atoms with E-state index in [0.717, 1.165) is 4.47 Å². The van der Waals surface area contributed by atoms with Crippen LogP contribution >= 0.6 is 15.9 Å². The second kappa shape index (κ2) is 6.10. The van der Waals surface area contributed by atoms with Crippen LogP contribution in [-0.2, 0) is 4.74 Å². The fourth-order valence-electron chi connectivity index (χ4n) is 0.607. The Kier molecular flexibility index (Phi) is 5.76. The molecule has 0 aliphatic heterocycles. The molecule has 0 aliphatic carbocycles. The second-order valence-corrected chi connectivity index (χ2v) is 3.39. The molecule has 0 spiro atoms. The lowest BCUT2D eigenvalue weighted by Gasteiger charge is -2.08. The summed E-state index contributed by atoms with van der Waals surface area (Å²) in [6.45, 7) is 0. The van der Waals surface area contributed by atoms with Gasteiger partial charge in [-0.15, -0.1) is 26.3 Å². The number of rotatable bonds is 0. The number of alkyl halides is 6. The van der Waals surface area contributed by atoms with E-state index in [1.165, 1.54) is 0 Å². The molecule has 98 valence electrons. The number of aromatic hydroxyl groups is 1. The van der Waals surface area contributed by atoms with Crippen LogP contribution in [0.25, 0.3) is 0 Å². The first-order valence-electron chi connectivity index (χ1n) is 3.78. The van der Waals surface area contributed by atoms with Gasteiger partial charge in [0.2, 0.25) is 0 Å². The Balaban J connectivity index is 0.000000302. The minimum atomic E-state index is -5.64. The Morgan fingerprint density at radius 1 is 1.00 bits per heavy atom. The zero-order valence-corrected chi connectivity index (χ0v) is 9.40. The molecule has 1 aromatic rings. The van der Waals surface area contributed by atoms with E-state index in [9.17, 15) is 26.3 Å². The molecule has 0 saturated heterocycles. The van der Waals surface area contributed by atoms with E-state index in [0.29, 0.717) is 5.75 Å². The summed E-state index contributed by atoms with van der Waals surface area (Å²) in [6, 6.07) is 6.91. The maximum absolute atomic E-state index is 10.6. The van der Waals surface area contributed by atoms with Crippen LogP contribution in [0.4, 0.5) is 26.3 Å². The lowest BCUT2D eigenvalue weighted by Crippen LogP contribution is -2.25. The number of hydrogen-bond donors (Lipinski definition) is 1. The molecule has 0 unspecified atom stereocenters. The van der Waals surface area contributed by atoms with Gasteiger partial charge in [0, 0.05) is 4.47 Å².